The largest absolute Gasteiger partial charge is 0.341 e. The molecule has 2 amide bonds. The van der Waals surface area contributed by atoms with E-state index in [4.69, 9.17) is 0 Å². The molecule has 20 heavy (non-hydrogen) atoms. The molecule has 1 aliphatic heterocycles. The highest BCUT2D eigenvalue weighted by atomic mass is 35.5. The second-order valence-electron chi connectivity index (χ2n) is 4.75. The Morgan fingerprint density at radius 1 is 1.40 bits per heavy atom. The van der Waals surface area contributed by atoms with E-state index in [1.807, 2.05) is 12.1 Å². The molecule has 2 N–H and O–H groups in total. The van der Waals surface area contributed by atoms with E-state index in [9.17, 15) is 9.59 Å². The molecule has 0 atom stereocenters. The van der Waals surface area contributed by atoms with Crippen LogP contribution in [-0.4, -0.2) is 43.9 Å². The number of carbonyl (C=O) groups excluding carboxylic acids is 2. The first-order valence-electron chi connectivity index (χ1n) is 6.44. The van der Waals surface area contributed by atoms with Gasteiger partial charge in [-0.25, -0.2) is 0 Å². The molecule has 0 fully saturated rings. The maximum Gasteiger partial charge on any atom is 0.253 e. The highest BCUT2D eigenvalue weighted by molar-refractivity contribution is 5.99. The van der Waals surface area contributed by atoms with Crippen LogP contribution in [0, 0.1) is 0 Å². The number of nitrogens with one attached hydrogen (secondary N) is 2. The van der Waals surface area contributed by atoms with Crippen molar-refractivity contribution in [3.05, 3.63) is 29.3 Å². The molecular weight excluding hydrogens is 278 g/mol. The normalized spacial score (nSPS) is 13.5. The Bertz CT molecular complexity index is 505. The Morgan fingerprint density at radius 2 is 2.15 bits per heavy atom. The van der Waals surface area contributed by atoms with E-state index in [0.29, 0.717) is 24.2 Å². The summed E-state index contributed by atoms with van der Waals surface area (Å²) in [6, 6.07) is 5.55. The van der Waals surface area contributed by atoms with Crippen LogP contribution in [0.1, 0.15) is 22.3 Å². The molecule has 1 heterocycles. The van der Waals surface area contributed by atoms with Gasteiger partial charge in [0, 0.05) is 37.8 Å². The number of anilines is 1. The third-order valence-corrected chi connectivity index (χ3v) is 3.29. The van der Waals surface area contributed by atoms with Crippen LogP contribution < -0.4 is 10.6 Å². The van der Waals surface area contributed by atoms with Crippen molar-refractivity contribution in [1.82, 2.24) is 10.2 Å². The summed E-state index contributed by atoms with van der Waals surface area (Å²) in [4.78, 5) is 25.4. The molecule has 1 aromatic rings. The fourth-order valence-electron chi connectivity index (χ4n) is 2.13. The summed E-state index contributed by atoms with van der Waals surface area (Å²) in [6.45, 7) is 1.39. The number of fused-ring (bicyclic) bond motifs is 1. The van der Waals surface area contributed by atoms with Gasteiger partial charge in [0.05, 0.1) is 0 Å². The first-order chi connectivity index (χ1) is 9.11. The standard InChI is InChI=1S/C14H19N3O2.ClH/c1-15-7-5-13(18)16-11-4-3-10-6-8-17(2)14(19)12(10)9-11;/h3-4,9,15H,5-8H2,1-2H3,(H,16,18);1H. The summed E-state index contributed by atoms with van der Waals surface area (Å²) in [6.07, 6.45) is 1.28. The molecule has 6 heteroatoms. The minimum Gasteiger partial charge on any atom is -0.341 e. The van der Waals surface area contributed by atoms with E-state index in [2.05, 4.69) is 10.6 Å². The summed E-state index contributed by atoms with van der Waals surface area (Å²) in [5.74, 6) is -0.0292. The topological polar surface area (TPSA) is 61.4 Å². The molecule has 110 valence electrons. The van der Waals surface area contributed by atoms with Gasteiger partial charge in [0.15, 0.2) is 0 Å². The second kappa shape index (κ2) is 7.26. The number of nitrogens with zero attached hydrogens (tertiary/aromatic N) is 1. The highest BCUT2D eigenvalue weighted by Gasteiger charge is 2.21. The zero-order chi connectivity index (χ0) is 13.8. The Morgan fingerprint density at radius 3 is 2.85 bits per heavy atom. The van der Waals surface area contributed by atoms with E-state index in [1.165, 1.54) is 0 Å². The second-order valence-corrected chi connectivity index (χ2v) is 4.75. The summed E-state index contributed by atoms with van der Waals surface area (Å²) < 4.78 is 0. The van der Waals surface area contributed by atoms with Gasteiger partial charge in [0.1, 0.15) is 0 Å². The maximum absolute atomic E-state index is 12.0. The third kappa shape index (κ3) is 3.71. The fraction of sp³-hybridized carbons (Fsp3) is 0.429. The summed E-state index contributed by atoms with van der Waals surface area (Å²) in [7, 11) is 3.60. The van der Waals surface area contributed by atoms with Crippen molar-refractivity contribution in [3.8, 4) is 0 Å². The third-order valence-electron chi connectivity index (χ3n) is 3.29. The molecule has 0 bridgehead atoms. The maximum atomic E-state index is 12.0. The number of halogens is 1. The molecule has 1 aliphatic rings. The Kier molecular flexibility index (Phi) is 5.98. The number of amides is 2. The first kappa shape index (κ1) is 16.5. The molecule has 0 saturated carbocycles. The van der Waals surface area contributed by atoms with Gasteiger partial charge in [0.2, 0.25) is 5.91 Å². The molecular formula is C14H20ClN3O2. The molecule has 5 nitrogen and oxygen atoms in total. The van der Waals surface area contributed by atoms with E-state index in [0.717, 1.165) is 18.5 Å². The molecule has 0 aliphatic carbocycles. The average molecular weight is 298 g/mol. The number of hydrogen-bond donors (Lipinski definition) is 2. The smallest absolute Gasteiger partial charge is 0.253 e. The predicted molar refractivity (Wildman–Crippen MR) is 81.5 cm³/mol. The SMILES string of the molecule is CNCCC(=O)Nc1ccc2c(c1)C(=O)N(C)CC2.Cl. The van der Waals surface area contributed by atoms with Gasteiger partial charge in [-0.15, -0.1) is 12.4 Å². The van der Waals surface area contributed by atoms with Crippen molar-refractivity contribution >= 4 is 29.9 Å². The molecule has 0 aromatic heterocycles. The van der Waals surface area contributed by atoms with Gasteiger partial charge in [-0.3, -0.25) is 9.59 Å². The molecule has 0 radical (unpaired) electrons. The Labute approximate surface area is 125 Å². The Hall–Kier alpha value is -1.59. The predicted octanol–water partition coefficient (Wildman–Crippen LogP) is 1.28. The van der Waals surface area contributed by atoms with Crippen LogP contribution in [0.5, 0.6) is 0 Å². The van der Waals surface area contributed by atoms with E-state index < -0.39 is 0 Å². The van der Waals surface area contributed by atoms with Crippen LogP contribution in [0.3, 0.4) is 0 Å². The van der Waals surface area contributed by atoms with Crippen molar-refractivity contribution in [2.45, 2.75) is 12.8 Å². The summed E-state index contributed by atoms with van der Waals surface area (Å²) >= 11 is 0. The van der Waals surface area contributed by atoms with Crippen LogP contribution >= 0.6 is 12.4 Å². The van der Waals surface area contributed by atoms with Crippen molar-refractivity contribution in [2.75, 3.05) is 32.5 Å². The van der Waals surface area contributed by atoms with E-state index in [1.54, 1.807) is 25.1 Å². The molecule has 1 aromatic carbocycles. The van der Waals surface area contributed by atoms with Gasteiger partial charge in [-0.1, -0.05) is 6.07 Å². The van der Waals surface area contributed by atoms with Gasteiger partial charge < -0.3 is 15.5 Å². The molecule has 2 rings (SSSR count). The van der Waals surface area contributed by atoms with Gasteiger partial charge in [-0.2, -0.15) is 0 Å². The van der Waals surface area contributed by atoms with Crippen LogP contribution in [-0.2, 0) is 11.2 Å². The lowest BCUT2D eigenvalue weighted by molar-refractivity contribution is -0.116. The van der Waals surface area contributed by atoms with Gasteiger partial charge in [0.25, 0.3) is 5.91 Å². The number of benzene rings is 1. The number of rotatable bonds is 4. The number of likely N-dealkylation sites (N-methyl/N-ethyl adjacent to an activating group) is 1. The number of carbonyl (C=O) groups is 2. The monoisotopic (exact) mass is 297 g/mol. The lowest BCUT2D eigenvalue weighted by Crippen LogP contribution is -2.34. The minimum absolute atomic E-state index is 0. The number of hydrogen-bond acceptors (Lipinski definition) is 3. The van der Waals surface area contributed by atoms with E-state index >= 15 is 0 Å². The molecule has 0 spiro atoms. The van der Waals surface area contributed by atoms with Crippen molar-refractivity contribution in [3.63, 3.8) is 0 Å². The summed E-state index contributed by atoms with van der Waals surface area (Å²) in [5.41, 5.74) is 2.43. The zero-order valence-corrected chi connectivity index (χ0v) is 12.5. The van der Waals surface area contributed by atoms with E-state index in [-0.39, 0.29) is 24.2 Å². The lowest BCUT2D eigenvalue weighted by atomic mass is 9.98. The van der Waals surface area contributed by atoms with Crippen LogP contribution in [0.15, 0.2) is 18.2 Å². The van der Waals surface area contributed by atoms with Crippen LogP contribution in [0.25, 0.3) is 0 Å². The van der Waals surface area contributed by atoms with Gasteiger partial charge >= 0.3 is 0 Å². The molecule has 0 unspecified atom stereocenters. The fourth-order valence-corrected chi connectivity index (χ4v) is 2.13. The minimum atomic E-state index is -0.0501. The summed E-state index contributed by atoms with van der Waals surface area (Å²) in [5, 5.41) is 5.74. The van der Waals surface area contributed by atoms with Crippen molar-refractivity contribution in [2.24, 2.45) is 0 Å². The highest BCUT2D eigenvalue weighted by Crippen LogP contribution is 2.22. The molecule has 0 saturated heterocycles. The van der Waals surface area contributed by atoms with Crippen molar-refractivity contribution in [1.29, 1.82) is 0 Å². The van der Waals surface area contributed by atoms with Crippen LogP contribution in [0.2, 0.25) is 0 Å². The van der Waals surface area contributed by atoms with Gasteiger partial charge in [-0.05, 0) is 31.2 Å². The van der Waals surface area contributed by atoms with Crippen molar-refractivity contribution < 1.29 is 9.59 Å². The Balaban J connectivity index is 0.00000200. The quantitative estimate of drug-likeness (QED) is 0.880. The zero-order valence-electron chi connectivity index (χ0n) is 11.7. The average Bonchev–Trinajstić information content (AvgIpc) is 2.41. The van der Waals surface area contributed by atoms with Crippen LogP contribution in [0.4, 0.5) is 5.69 Å². The lowest BCUT2D eigenvalue weighted by Gasteiger charge is -2.25. The first-order valence-corrected chi connectivity index (χ1v) is 6.44.